The second-order valence-electron chi connectivity index (χ2n) is 9.32. The van der Waals surface area contributed by atoms with Gasteiger partial charge in [-0.05, 0) is 105 Å². The van der Waals surface area contributed by atoms with Gasteiger partial charge in [-0.15, -0.1) is 0 Å². The number of phenolic OH excluding ortho intramolecular Hbond substituents is 1. The van der Waals surface area contributed by atoms with Crippen molar-refractivity contribution in [1.29, 1.82) is 0 Å². The van der Waals surface area contributed by atoms with Crippen molar-refractivity contribution in [3.8, 4) is 34.0 Å². The largest absolute Gasteiger partial charge is 0.508 e. The van der Waals surface area contributed by atoms with Crippen LogP contribution in [0.2, 0.25) is 0 Å². The van der Waals surface area contributed by atoms with Crippen molar-refractivity contribution >= 4 is 23.2 Å². The number of rotatable bonds is 8. The summed E-state index contributed by atoms with van der Waals surface area (Å²) in [4.78, 5) is 24.1. The molecule has 0 saturated carbocycles. The van der Waals surface area contributed by atoms with Crippen LogP contribution in [-0.2, 0) is 4.79 Å². The molecule has 3 N–H and O–H groups in total. The topological polar surface area (TPSA) is 99.6 Å². The van der Waals surface area contributed by atoms with E-state index < -0.39 is 0 Å². The van der Waals surface area contributed by atoms with Crippen LogP contribution in [0.4, 0.5) is 17.3 Å². The monoisotopic (exact) mass is 509 g/mol. The molecule has 0 atom stereocenters. The van der Waals surface area contributed by atoms with Crippen LogP contribution in [0.5, 0.6) is 11.5 Å². The summed E-state index contributed by atoms with van der Waals surface area (Å²) in [5.74, 6) is 1.40. The zero-order chi connectivity index (χ0) is 26.3. The number of methoxy groups -OCH3 is 1. The van der Waals surface area contributed by atoms with Crippen LogP contribution < -0.4 is 15.4 Å². The van der Waals surface area contributed by atoms with Gasteiger partial charge >= 0.3 is 0 Å². The van der Waals surface area contributed by atoms with E-state index in [9.17, 15) is 9.90 Å². The molecule has 4 aromatic rings. The fraction of sp³-hybridized carbons (Fsp3) is 0.233. The first-order valence-corrected chi connectivity index (χ1v) is 12.8. The van der Waals surface area contributed by atoms with E-state index in [1.165, 1.54) is 6.42 Å². The van der Waals surface area contributed by atoms with E-state index >= 15 is 0 Å². The van der Waals surface area contributed by atoms with Crippen molar-refractivity contribution in [3.05, 3.63) is 78.9 Å². The average molecular weight is 510 g/mol. The third-order valence-corrected chi connectivity index (χ3v) is 6.52. The Morgan fingerprint density at radius 3 is 2.03 bits per heavy atom. The minimum atomic E-state index is 0.00155. The predicted molar refractivity (Wildman–Crippen MR) is 150 cm³/mol. The van der Waals surface area contributed by atoms with E-state index in [0.717, 1.165) is 65.6 Å². The van der Waals surface area contributed by atoms with Gasteiger partial charge in [0.05, 0.1) is 25.0 Å². The molecule has 2 heterocycles. The number of phenols is 1. The first-order chi connectivity index (χ1) is 18.6. The van der Waals surface area contributed by atoms with Gasteiger partial charge in [0.15, 0.2) is 0 Å². The zero-order valence-corrected chi connectivity index (χ0v) is 21.4. The minimum absolute atomic E-state index is 0.00155. The van der Waals surface area contributed by atoms with Crippen molar-refractivity contribution in [1.82, 2.24) is 14.9 Å². The number of benzene rings is 3. The third-order valence-electron chi connectivity index (χ3n) is 6.52. The van der Waals surface area contributed by atoms with Crippen molar-refractivity contribution < 1.29 is 14.6 Å². The van der Waals surface area contributed by atoms with Crippen molar-refractivity contribution in [2.24, 2.45) is 0 Å². The first-order valence-electron chi connectivity index (χ1n) is 12.8. The molecule has 0 unspecified atom stereocenters. The number of nitrogens with one attached hydrogen (secondary N) is 2. The SMILES string of the molecule is COc1ccc(-c2cc(-c3ccc(O)cc3)nc(Nc3ccc(NC(=O)CN4CCCCC4)cc3)n2)cc1. The molecule has 1 fully saturated rings. The molecule has 1 aliphatic heterocycles. The number of aromatic nitrogens is 2. The van der Waals surface area contributed by atoms with Crippen LogP contribution in [0, 0.1) is 0 Å². The first kappa shape index (κ1) is 25.2. The number of nitrogens with zero attached hydrogens (tertiary/aromatic N) is 3. The van der Waals surface area contributed by atoms with E-state index in [1.807, 2.05) is 66.7 Å². The van der Waals surface area contributed by atoms with Crippen molar-refractivity contribution in [2.45, 2.75) is 19.3 Å². The number of likely N-dealkylation sites (tertiary alicyclic amines) is 1. The number of hydrogen-bond donors (Lipinski definition) is 3. The summed E-state index contributed by atoms with van der Waals surface area (Å²) in [5.41, 5.74) is 4.78. The van der Waals surface area contributed by atoms with E-state index in [1.54, 1.807) is 19.2 Å². The van der Waals surface area contributed by atoms with Gasteiger partial charge in [0.2, 0.25) is 11.9 Å². The Morgan fingerprint density at radius 1 is 0.842 bits per heavy atom. The highest BCUT2D eigenvalue weighted by Crippen LogP contribution is 2.28. The molecule has 1 amide bonds. The molecule has 1 aliphatic rings. The number of hydrogen-bond acceptors (Lipinski definition) is 7. The van der Waals surface area contributed by atoms with E-state index in [-0.39, 0.29) is 11.7 Å². The molecule has 0 radical (unpaired) electrons. The standard InChI is InChI=1S/C30H31N5O3/c1-38-26-15-7-22(8-16-26)28-19-27(21-5-13-25(36)14-6-21)33-30(34-28)32-24-11-9-23(10-12-24)31-29(37)20-35-17-3-2-4-18-35/h5-16,19,36H,2-4,17-18,20H2,1H3,(H,31,37)(H,32,33,34). The van der Waals surface area contributed by atoms with Crippen LogP contribution >= 0.6 is 0 Å². The van der Waals surface area contributed by atoms with Crippen LogP contribution in [-0.4, -0.2) is 52.6 Å². The highest BCUT2D eigenvalue weighted by Gasteiger charge is 2.14. The van der Waals surface area contributed by atoms with Gasteiger partial charge in [0.1, 0.15) is 11.5 Å². The second kappa shape index (κ2) is 11.7. The summed E-state index contributed by atoms with van der Waals surface area (Å²) in [6.45, 7) is 2.39. The van der Waals surface area contributed by atoms with Crippen molar-refractivity contribution in [2.75, 3.05) is 37.4 Å². The van der Waals surface area contributed by atoms with Crippen LogP contribution in [0.3, 0.4) is 0 Å². The van der Waals surface area contributed by atoms with Crippen LogP contribution in [0.25, 0.3) is 22.5 Å². The zero-order valence-electron chi connectivity index (χ0n) is 21.4. The number of amides is 1. The fourth-order valence-electron chi connectivity index (χ4n) is 4.48. The Hall–Kier alpha value is -4.43. The lowest BCUT2D eigenvalue weighted by atomic mass is 10.1. The number of carbonyl (C=O) groups is 1. The highest BCUT2D eigenvalue weighted by atomic mass is 16.5. The molecule has 8 heteroatoms. The molecule has 0 aliphatic carbocycles. The van der Waals surface area contributed by atoms with E-state index in [4.69, 9.17) is 14.7 Å². The minimum Gasteiger partial charge on any atom is -0.508 e. The second-order valence-corrected chi connectivity index (χ2v) is 9.32. The van der Waals surface area contributed by atoms with Gasteiger partial charge in [-0.1, -0.05) is 6.42 Å². The smallest absolute Gasteiger partial charge is 0.238 e. The van der Waals surface area contributed by atoms with Gasteiger partial charge in [0.25, 0.3) is 0 Å². The van der Waals surface area contributed by atoms with Crippen molar-refractivity contribution in [3.63, 3.8) is 0 Å². The summed E-state index contributed by atoms with van der Waals surface area (Å²) in [5, 5.41) is 16.0. The number of piperidine rings is 1. The number of anilines is 3. The Bertz CT molecular complexity index is 1370. The lowest BCUT2D eigenvalue weighted by Gasteiger charge is -2.25. The maximum absolute atomic E-state index is 12.5. The molecule has 0 spiro atoms. The molecule has 1 aromatic heterocycles. The van der Waals surface area contributed by atoms with Crippen LogP contribution in [0.15, 0.2) is 78.9 Å². The number of aromatic hydroxyl groups is 1. The summed E-state index contributed by atoms with van der Waals surface area (Å²) < 4.78 is 5.29. The number of ether oxygens (including phenoxy) is 1. The van der Waals surface area contributed by atoms with Gasteiger partial charge in [0, 0.05) is 22.5 Å². The van der Waals surface area contributed by atoms with Gasteiger partial charge in [-0.25, -0.2) is 9.97 Å². The Kier molecular flexibility index (Phi) is 7.80. The lowest BCUT2D eigenvalue weighted by Crippen LogP contribution is -2.36. The predicted octanol–water partition coefficient (Wildman–Crippen LogP) is 5.69. The fourth-order valence-corrected chi connectivity index (χ4v) is 4.48. The quantitative estimate of drug-likeness (QED) is 0.280. The molecule has 5 rings (SSSR count). The molecule has 0 bridgehead atoms. The number of carbonyl (C=O) groups excluding carboxylic acids is 1. The molecule has 194 valence electrons. The Balaban J connectivity index is 1.34. The molecule has 3 aromatic carbocycles. The average Bonchev–Trinajstić information content (AvgIpc) is 2.95. The molecular weight excluding hydrogens is 478 g/mol. The molecule has 8 nitrogen and oxygen atoms in total. The Morgan fingerprint density at radius 2 is 1.42 bits per heavy atom. The van der Waals surface area contributed by atoms with Gasteiger partial charge in [-0.3, -0.25) is 9.69 Å². The summed E-state index contributed by atoms with van der Waals surface area (Å²) in [7, 11) is 1.63. The maximum atomic E-state index is 12.5. The van der Waals surface area contributed by atoms with Gasteiger partial charge < -0.3 is 20.5 Å². The summed E-state index contributed by atoms with van der Waals surface area (Å²) in [6.07, 6.45) is 3.56. The van der Waals surface area contributed by atoms with E-state index in [0.29, 0.717) is 12.5 Å². The molecule has 38 heavy (non-hydrogen) atoms. The molecule has 1 saturated heterocycles. The van der Waals surface area contributed by atoms with Crippen LogP contribution in [0.1, 0.15) is 19.3 Å². The summed E-state index contributed by atoms with van der Waals surface area (Å²) >= 11 is 0. The van der Waals surface area contributed by atoms with Gasteiger partial charge in [-0.2, -0.15) is 0 Å². The molecular formula is C30H31N5O3. The Labute approximate surface area is 222 Å². The summed E-state index contributed by atoms with van der Waals surface area (Å²) in [6, 6.07) is 24.0. The normalized spacial score (nSPS) is 13.6. The third kappa shape index (κ3) is 6.46. The maximum Gasteiger partial charge on any atom is 0.238 e. The highest BCUT2D eigenvalue weighted by molar-refractivity contribution is 5.92. The van der Waals surface area contributed by atoms with E-state index in [2.05, 4.69) is 15.5 Å². The lowest BCUT2D eigenvalue weighted by molar-refractivity contribution is -0.117.